The molecule has 2 fully saturated rings. The highest BCUT2D eigenvalue weighted by Gasteiger charge is 2.74. The van der Waals surface area contributed by atoms with Crippen molar-refractivity contribution in [1.82, 2.24) is 10.2 Å². The number of aliphatic hydroxyl groups excluding tert-OH is 1. The number of ether oxygens (including phenoxy) is 1. The number of esters is 1. The smallest absolute Gasteiger partial charge is 0.317 e. The minimum Gasteiger partial charge on any atom is -0.454 e. The Morgan fingerprint density at radius 1 is 1.26 bits per heavy atom. The number of nitrogens with one attached hydrogen (secondary N) is 1. The SMILES string of the molecule is NC1=NC2[C@H](CO)N=C(N)N3C[C@H](OC(=O)C4(c5ccc(Cl)cc5)CC4)C(O)(O)[C@]23N1. The first-order chi connectivity index (χ1) is 14.7. The fraction of sp³-hybridized carbons (Fsp3) is 0.526. The van der Waals surface area contributed by atoms with Crippen LogP contribution in [0.1, 0.15) is 18.4 Å². The van der Waals surface area contributed by atoms with Gasteiger partial charge in [-0.1, -0.05) is 23.7 Å². The first kappa shape index (κ1) is 20.3. The van der Waals surface area contributed by atoms with Crippen LogP contribution >= 0.6 is 11.6 Å². The number of nitrogens with zero attached hydrogens (tertiary/aromatic N) is 3. The van der Waals surface area contributed by atoms with E-state index in [1.54, 1.807) is 24.3 Å². The molecule has 1 spiro atoms. The number of rotatable bonds is 4. The Morgan fingerprint density at radius 2 is 1.94 bits per heavy atom. The summed E-state index contributed by atoms with van der Waals surface area (Å²) < 4.78 is 5.67. The maximum Gasteiger partial charge on any atom is 0.317 e. The van der Waals surface area contributed by atoms with E-state index in [2.05, 4.69) is 15.3 Å². The monoisotopic (exact) mass is 450 g/mol. The summed E-state index contributed by atoms with van der Waals surface area (Å²) in [4.78, 5) is 22.9. The number of guanidine groups is 2. The van der Waals surface area contributed by atoms with E-state index >= 15 is 0 Å². The fourth-order valence-electron chi connectivity index (χ4n) is 4.92. The van der Waals surface area contributed by atoms with Crippen LogP contribution in [-0.2, 0) is 14.9 Å². The summed E-state index contributed by atoms with van der Waals surface area (Å²) >= 11 is 5.95. The Hall–Kier alpha value is -2.60. The molecule has 1 aliphatic carbocycles. The number of aliphatic imine (C=N–C) groups is 2. The summed E-state index contributed by atoms with van der Waals surface area (Å²) in [7, 11) is 0. The van der Waals surface area contributed by atoms with Crippen LogP contribution < -0.4 is 16.8 Å². The zero-order chi connectivity index (χ0) is 22.2. The highest BCUT2D eigenvalue weighted by atomic mass is 35.5. The molecule has 31 heavy (non-hydrogen) atoms. The van der Waals surface area contributed by atoms with E-state index in [1.165, 1.54) is 4.90 Å². The topological polar surface area (TPSA) is 179 Å². The third-order valence-corrected chi connectivity index (χ3v) is 6.97. The van der Waals surface area contributed by atoms with Gasteiger partial charge in [-0.25, -0.2) is 9.98 Å². The molecule has 4 atom stereocenters. The van der Waals surface area contributed by atoms with Crippen molar-refractivity contribution in [3.8, 4) is 0 Å². The van der Waals surface area contributed by atoms with Crippen molar-refractivity contribution in [2.24, 2.45) is 21.5 Å². The Bertz CT molecular complexity index is 994. The lowest BCUT2D eigenvalue weighted by atomic mass is 9.86. The lowest BCUT2D eigenvalue weighted by molar-refractivity contribution is -0.263. The van der Waals surface area contributed by atoms with Crippen LogP contribution in [0.25, 0.3) is 0 Å². The molecule has 1 aromatic carbocycles. The number of halogens is 1. The van der Waals surface area contributed by atoms with E-state index in [0.29, 0.717) is 17.9 Å². The van der Waals surface area contributed by atoms with Crippen molar-refractivity contribution in [2.75, 3.05) is 13.2 Å². The van der Waals surface area contributed by atoms with Gasteiger partial charge in [0.15, 0.2) is 23.7 Å². The second-order valence-corrected chi connectivity index (χ2v) is 8.84. The van der Waals surface area contributed by atoms with Crippen molar-refractivity contribution in [2.45, 2.75) is 47.9 Å². The van der Waals surface area contributed by atoms with Crippen LogP contribution in [0.4, 0.5) is 0 Å². The quantitative estimate of drug-likeness (QED) is 0.222. The first-order valence-corrected chi connectivity index (χ1v) is 10.3. The molecule has 0 aromatic heterocycles. The predicted molar refractivity (Wildman–Crippen MR) is 110 cm³/mol. The second-order valence-electron chi connectivity index (χ2n) is 8.41. The third kappa shape index (κ3) is 2.60. The van der Waals surface area contributed by atoms with E-state index in [4.69, 9.17) is 27.8 Å². The molecule has 0 bridgehead atoms. The van der Waals surface area contributed by atoms with Crippen molar-refractivity contribution in [3.63, 3.8) is 0 Å². The number of nitrogens with two attached hydrogens (primary N) is 2. The number of hydrogen-bond donors (Lipinski definition) is 6. The number of aliphatic hydroxyl groups is 3. The average molecular weight is 451 g/mol. The standard InChI is InChI=1S/C19H23ClN6O5/c20-10-3-1-9(2-4-10)17(5-6-17)14(28)31-12-7-26-16(22)23-11(8-27)13-18(26,19(12,29)30)25-15(21)24-13/h1-4,11-13,27,29-30H,5-8H2,(H2,22,23)(H3,21,24,25)/t11-,12-,13?,18-/m0/s1. The highest BCUT2D eigenvalue weighted by molar-refractivity contribution is 6.30. The van der Waals surface area contributed by atoms with Crippen LogP contribution in [0.2, 0.25) is 5.02 Å². The number of carbonyl (C=O) groups excluding carboxylic acids is 1. The molecule has 1 saturated carbocycles. The second kappa shape index (κ2) is 6.45. The van der Waals surface area contributed by atoms with Crippen LogP contribution in [0, 0.1) is 0 Å². The largest absolute Gasteiger partial charge is 0.454 e. The van der Waals surface area contributed by atoms with Gasteiger partial charge in [-0.2, -0.15) is 0 Å². The Balaban J connectivity index is 1.46. The average Bonchev–Trinajstić information content (AvgIpc) is 3.40. The molecule has 0 amide bonds. The van der Waals surface area contributed by atoms with E-state index in [1.807, 2.05) is 0 Å². The maximum atomic E-state index is 13.1. The van der Waals surface area contributed by atoms with Crippen molar-refractivity contribution in [1.29, 1.82) is 0 Å². The molecule has 1 aromatic rings. The molecule has 1 unspecified atom stereocenters. The third-order valence-electron chi connectivity index (χ3n) is 6.72. The summed E-state index contributed by atoms with van der Waals surface area (Å²) in [6, 6.07) is 5.12. The van der Waals surface area contributed by atoms with Crippen LogP contribution in [0.5, 0.6) is 0 Å². The summed E-state index contributed by atoms with van der Waals surface area (Å²) in [5, 5.41) is 35.5. The van der Waals surface area contributed by atoms with Gasteiger partial charge >= 0.3 is 5.97 Å². The van der Waals surface area contributed by atoms with Crippen molar-refractivity contribution in [3.05, 3.63) is 34.9 Å². The van der Waals surface area contributed by atoms with Gasteiger partial charge in [0, 0.05) is 5.02 Å². The Kier molecular flexibility index (Phi) is 4.23. The van der Waals surface area contributed by atoms with Gasteiger partial charge in [0.1, 0.15) is 12.1 Å². The molecule has 166 valence electrons. The predicted octanol–water partition coefficient (Wildman–Crippen LogP) is -2.05. The minimum atomic E-state index is -2.62. The molecule has 12 heteroatoms. The lowest BCUT2D eigenvalue weighted by Gasteiger charge is -2.48. The number of carbonyl (C=O) groups is 1. The van der Waals surface area contributed by atoms with Crippen LogP contribution in [-0.4, -0.2) is 80.9 Å². The molecular weight excluding hydrogens is 428 g/mol. The van der Waals surface area contributed by atoms with Crippen molar-refractivity contribution < 1.29 is 24.9 Å². The molecule has 4 aliphatic rings. The molecule has 1 saturated heterocycles. The maximum absolute atomic E-state index is 13.1. The number of benzene rings is 1. The summed E-state index contributed by atoms with van der Waals surface area (Å²) in [6.45, 7) is -0.575. The summed E-state index contributed by atoms with van der Waals surface area (Å²) in [6.07, 6.45) is -0.218. The highest BCUT2D eigenvalue weighted by Crippen LogP contribution is 2.51. The van der Waals surface area contributed by atoms with Gasteiger partial charge in [0.2, 0.25) is 5.79 Å². The molecule has 11 nitrogen and oxygen atoms in total. The van der Waals surface area contributed by atoms with Gasteiger partial charge < -0.3 is 41.7 Å². The number of hydrogen-bond acceptors (Lipinski definition) is 11. The molecule has 5 rings (SSSR count). The summed E-state index contributed by atoms with van der Waals surface area (Å²) in [5.74, 6) is -3.29. The normalized spacial score (nSPS) is 34.2. The molecular formula is C19H23ClN6O5. The van der Waals surface area contributed by atoms with E-state index in [0.717, 1.165) is 5.56 Å². The first-order valence-electron chi connectivity index (χ1n) is 9.91. The van der Waals surface area contributed by atoms with Crippen LogP contribution in [0.3, 0.4) is 0 Å². The van der Waals surface area contributed by atoms with Gasteiger partial charge in [-0.05, 0) is 30.5 Å². The van der Waals surface area contributed by atoms with Gasteiger partial charge in [-0.3, -0.25) is 4.79 Å². The Labute approximate surface area is 182 Å². The van der Waals surface area contributed by atoms with Gasteiger partial charge in [-0.15, -0.1) is 0 Å². The minimum absolute atomic E-state index is 0.0439. The zero-order valence-corrected chi connectivity index (χ0v) is 17.2. The lowest BCUT2D eigenvalue weighted by Crippen LogP contribution is -2.77. The van der Waals surface area contributed by atoms with E-state index in [9.17, 15) is 20.1 Å². The Morgan fingerprint density at radius 3 is 2.55 bits per heavy atom. The van der Waals surface area contributed by atoms with Crippen LogP contribution in [0.15, 0.2) is 34.3 Å². The molecule has 3 heterocycles. The molecule has 3 aliphatic heterocycles. The zero-order valence-electron chi connectivity index (χ0n) is 16.4. The van der Waals surface area contributed by atoms with Crippen molar-refractivity contribution >= 4 is 29.5 Å². The fourth-order valence-corrected chi connectivity index (χ4v) is 5.04. The summed E-state index contributed by atoms with van der Waals surface area (Å²) in [5.41, 5.74) is 10.1. The molecule has 0 radical (unpaired) electrons. The van der Waals surface area contributed by atoms with E-state index < -0.39 is 47.6 Å². The molecule has 8 N–H and O–H groups in total. The van der Waals surface area contributed by atoms with Gasteiger partial charge in [0.05, 0.1) is 18.6 Å². The van der Waals surface area contributed by atoms with Gasteiger partial charge in [0.25, 0.3) is 0 Å². The van der Waals surface area contributed by atoms with E-state index in [-0.39, 0.29) is 18.5 Å².